The summed E-state index contributed by atoms with van der Waals surface area (Å²) in [6, 6.07) is 10.9. The van der Waals surface area contributed by atoms with Crippen LogP contribution in [-0.2, 0) is 6.42 Å². The molecule has 1 aliphatic carbocycles. The van der Waals surface area contributed by atoms with Crippen LogP contribution in [0.1, 0.15) is 49.3 Å². The Morgan fingerprint density at radius 2 is 1.96 bits per heavy atom. The van der Waals surface area contributed by atoms with E-state index in [0.29, 0.717) is 0 Å². The van der Waals surface area contributed by atoms with E-state index in [4.69, 9.17) is 0 Å². The Labute approximate surface area is 156 Å². The summed E-state index contributed by atoms with van der Waals surface area (Å²) >= 11 is 0. The number of aliphatic hydroxyl groups is 1. The Balaban J connectivity index is 1.34. The molecule has 1 aromatic heterocycles. The van der Waals surface area contributed by atoms with Crippen LogP contribution in [0.25, 0.3) is 5.57 Å². The van der Waals surface area contributed by atoms with E-state index in [1.165, 1.54) is 23.1 Å². The molecule has 0 amide bonds. The van der Waals surface area contributed by atoms with Gasteiger partial charge in [-0.3, -0.25) is 9.58 Å². The van der Waals surface area contributed by atoms with Crippen molar-refractivity contribution in [2.24, 2.45) is 0 Å². The van der Waals surface area contributed by atoms with Crippen LogP contribution in [0.15, 0.2) is 48.8 Å². The van der Waals surface area contributed by atoms with Crippen molar-refractivity contribution >= 4 is 5.57 Å². The summed E-state index contributed by atoms with van der Waals surface area (Å²) in [5.74, 6) is 0. The first kappa shape index (κ1) is 17.5. The standard InChI is InChI=1S/C22H29N3O/c26-22-9-5-4-8-21(22)25-17-20(16-23-25)19-11-14-24(15-12-19)13-10-18-6-2-1-3-7-18/h1-3,6-7,11,16-17,21-22,26H,4-5,8-10,12-15H2/t21-,22-/m1/s1. The highest BCUT2D eigenvalue weighted by Crippen LogP contribution is 2.30. The number of nitrogens with zero attached hydrogens (tertiary/aromatic N) is 3. The van der Waals surface area contributed by atoms with Gasteiger partial charge in [0, 0.05) is 31.4 Å². The van der Waals surface area contributed by atoms with Gasteiger partial charge in [-0.1, -0.05) is 49.2 Å². The van der Waals surface area contributed by atoms with Gasteiger partial charge in [0.2, 0.25) is 0 Å². The highest BCUT2D eigenvalue weighted by atomic mass is 16.3. The normalized spacial score (nSPS) is 24.4. The zero-order chi connectivity index (χ0) is 17.8. The van der Waals surface area contributed by atoms with E-state index < -0.39 is 0 Å². The smallest absolute Gasteiger partial charge is 0.0778 e. The SMILES string of the molecule is O[C@@H]1CCCC[C@H]1n1cc(C2=CCN(CCc3ccccc3)CC2)cn1. The lowest BCUT2D eigenvalue weighted by molar-refractivity contribution is 0.0694. The van der Waals surface area contributed by atoms with E-state index in [-0.39, 0.29) is 12.1 Å². The molecule has 0 spiro atoms. The Hall–Kier alpha value is -1.91. The summed E-state index contributed by atoms with van der Waals surface area (Å²) in [5, 5.41) is 14.8. The molecule has 2 aliphatic rings. The topological polar surface area (TPSA) is 41.3 Å². The van der Waals surface area contributed by atoms with Crippen LogP contribution in [0, 0.1) is 0 Å². The molecule has 0 unspecified atom stereocenters. The average Bonchev–Trinajstić information content (AvgIpc) is 3.18. The predicted molar refractivity (Wildman–Crippen MR) is 105 cm³/mol. The molecule has 0 radical (unpaired) electrons. The first-order valence-corrected chi connectivity index (χ1v) is 9.97. The predicted octanol–water partition coefficient (Wildman–Crippen LogP) is 3.69. The van der Waals surface area contributed by atoms with Crippen LogP contribution >= 0.6 is 0 Å². The summed E-state index contributed by atoms with van der Waals surface area (Å²) in [7, 11) is 0. The van der Waals surface area contributed by atoms with E-state index in [2.05, 4.69) is 52.6 Å². The zero-order valence-electron chi connectivity index (χ0n) is 15.4. The third-order valence-electron chi connectivity index (χ3n) is 5.86. The van der Waals surface area contributed by atoms with Crippen LogP contribution in [0.5, 0.6) is 0 Å². The molecule has 138 valence electrons. The van der Waals surface area contributed by atoms with Crippen molar-refractivity contribution in [2.45, 2.75) is 50.7 Å². The van der Waals surface area contributed by atoms with E-state index in [9.17, 15) is 5.11 Å². The second-order valence-electron chi connectivity index (χ2n) is 7.64. The zero-order valence-corrected chi connectivity index (χ0v) is 15.4. The fourth-order valence-corrected chi connectivity index (χ4v) is 4.19. The van der Waals surface area contributed by atoms with Gasteiger partial charge < -0.3 is 5.11 Å². The monoisotopic (exact) mass is 351 g/mol. The van der Waals surface area contributed by atoms with Crippen molar-refractivity contribution < 1.29 is 5.11 Å². The Kier molecular flexibility index (Phi) is 5.51. The number of benzene rings is 1. The van der Waals surface area contributed by atoms with Gasteiger partial charge >= 0.3 is 0 Å². The summed E-state index contributed by atoms with van der Waals surface area (Å²) < 4.78 is 2.00. The van der Waals surface area contributed by atoms with Crippen molar-refractivity contribution in [1.82, 2.24) is 14.7 Å². The van der Waals surface area contributed by atoms with E-state index in [1.807, 2.05) is 10.9 Å². The van der Waals surface area contributed by atoms with Crippen molar-refractivity contribution in [3.05, 3.63) is 59.9 Å². The van der Waals surface area contributed by atoms with Crippen molar-refractivity contribution in [1.29, 1.82) is 0 Å². The average molecular weight is 351 g/mol. The highest BCUT2D eigenvalue weighted by molar-refractivity contribution is 5.65. The fraction of sp³-hybridized carbons (Fsp3) is 0.500. The molecule has 1 aliphatic heterocycles. The van der Waals surface area contributed by atoms with Gasteiger partial charge in [-0.2, -0.15) is 5.10 Å². The van der Waals surface area contributed by atoms with Gasteiger partial charge in [0.25, 0.3) is 0 Å². The molecule has 4 heteroatoms. The van der Waals surface area contributed by atoms with Gasteiger partial charge in [-0.05, 0) is 36.8 Å². The molecule has 1 aromatic carbocycles. The lowest BCUT2D eigenvalue weighted by atomic mass is 9.93. The van der Waals surface area contributed by atoms with Crippen LogP contribution < -0.4 is 0 Å². The molecular formula is C22H29N3O. The molecule has 1 saturated carbocycles. The van der Waals surface area contributed by atoms with E-state index in [1.54, 1.807) is 0 Å². The summed E-state index contributed by atoms with van der Waals surface area (Å²) in [5.41, 5.74) is 4.04. The second-order valence-corrected chi connectivity index (χ2v) is 7.64. The van der Waals surface area contributed by atoms with Crippen LogP contribution in [0.2, 0.25) is 0 Å². The molecule has 1 N–H and O–H groups in total. The number of hydrogen-bond donors (Lipinski definition) is 1. The van der Waals surface area contributed by atoms with Crippen LogP contribution in [0.3, 0.4) is 0 Å². The van der Waals surface area contributed by atoms with Gasteiger partial charge in [0.1, 0.15) is 0 Å². The quantitative estimate of drug-likeness (QED) is 0.893. The van der Waals surface area contributed by atoms with Crippen molar-refractivity contribution in [3.63, 3.8) is 0 Å². The summed E-state index contributed by atoms with van der Waals surface area (Å²) in [4.78, 5) is 2.52. The van der Waals surface area contributed by atoms with Crippen molar-refractivity contribution in [3.8, 4) is 0 Å². The number of rotatable bonds is 5. The summed E-state index contributed by atoms with van der Waals surface area (Å²) in [6.07, 6.45) is 12.7. The van der Waals surface area contributed by atoms with Gasteiger partial charge in [0.15, 0.2) is 0 Å². The third-order valence-corrected chi connectivity index (χ3v) is 5.86. The van der Waals surface area contributed by atoms with E-state index in [0.717, 1.165) is 51.7 Å². The molecule has 0 bridgehead atoms. The molecule has 2 atom stereocenters. The molecule has 4 rings (SSSR count). The molecular weight excluding hydrogens is 322 g/mol. The highest BCUT2D eigenvalue weighted by Gasteiger charge is 2.25. The van der Waals surface area contributed by atoms with Crippen LogP contribution in [-0.4, -0.2) is 45.5 Å². The van der Waals surface area contributed by atoms with Crippen molar-refractivity contribution in [2.75, 3.05) is 19.6 Å². The molecule has 26 heavy (non-hydrogen) atoms. The second kappa shape index (κ2) is 8.19. The Morgan fingerprint density at radius 3 is 2.73 bits per heavy atom. The Morgan fingerprint density at radius 1 is 1.12 bits per heavy atom. The molecule has 2 aromatic rings. The largest absolute Gasteiger partial charge is 0.391 e. The maximum atomic E-state index is 10.2. The maximum Gasteiger partial charge on any atom is 0.0778 e. The third kappa shape index (κ3) is 4.08. The minimum Gasteiger partial charge on any atom is -0.391 e. The van der Waals surface area contributed by atoms with E-state index >= 15 is 0 Å². The first-order chi connectivity index (χ1) is 12.8. The number of aromatic nitrogens is 2. The molecule has 2 heterocycles. The first-order valence-electron chi connectivity index (χ1n) is 9.97. The van der Waals surface area contributed by atoms with Gasteiger partial charge in [-0.25, -0.2) is 0 Å². The number of aliphatic hydroxyl groups excluding tert-OH is 1. The fourth-order valence-electron chi connectivity index (χ4n) is 4.19. The number of hydrogen-bond acceptors (Lipinski definition) is 3. The summed E-state index contributed by atoms with van der Waals surface area (Å²) in [6.45, 7) is 3.23. The van der Waals surface area contributed by atoms with Gasteiger partial charge in [-0.15, -0.1) is 0 Å². The lowest BCUT2D eigenvalue weighted by Gasteiger charge is -2.28. The molecule has 0 saturated heterocycles. The molecule has 1 fully saturated rings. The lowest BCUT2D eigenvalue weighted by Crippen LogP contribution is -2.30. The van der Waals surface area contributed by atoms with Crippen LogP contribution in [0.4, 0.5) is 0 Å². The minimum absolute atomic E-state index is 0.157. The Bertz CT molecular complexity index is 737. The maximum absolute atomic E-state index is 10.2. The van der Waals surface area contributed by atoms with Gasteiger partial charge in [0.05, 0.1) is 18.3 Å². The minimum atomic E-state index is -0.245. The molecule has 4 nitrogen and oxygen atoms in total.